The molecule has 0 aliphatic heterocycles. The number of hydrogen-bond acceptors (Lipinski definition) is 5. The molecule has 2 aromatic rings. The smallest absolute Gasteiger partial charge is 0.249 e. The molecule has 0 saturated carbocycles. The van der Waals surface area contributed by atoms with Crippen LogP contribution in [0.2, 0.25) is 0 Å². The van der Waals surface area contributed by atoms with Gasteiger partial charge >= 0.3 is 0 Å². The van der Waals surface area contributed by atoms with Gasteiger partial charge in [0.15, 0.2) is 0 Å². The number of amides is 1. The van der Waals surface area contributed by atoms with Gasteiger partial charge in [-0.15, -0.1) is 12.4 Å². The fourth-order valence-corrected chi connectivity index (χ4v) is 2.78. The van der Waals surface area contributed by atoms with Gasteiger partial charge in [-0.05, 0) is 31.7 Å². The molecule has 2 rings (SSSR count). The number of aryl methyl sites for hydroxylation is 1. The number of carbonyl (C=O) groups excluding carboxylic acids is 1. The van der Waals surface area contributed by atoms with E-state index in [9.17, 15) is 4.79 Å². The fraction of sp³-hybridized carbons (Fsp3) is 0.526. The van der Waals surface area contributed by atoms with Crippen molar-refractivity contribution < 1.29 is 9.32 Å². The molecule has 1 atom stereocenters. The van der Waals surface area contributed by atoms with Crippen LogP contribution in [0.1, 0.15) is 58.0 Å². The molecule has 1 aromatic carbocycles. The quantitative estimate of drug-likeness (QED) is 0.728. The van der Waals surface area contributed by atoms with Crippen LogP contribution in [0.25, 0.3) is 11.4 Å². The van der Waals surface area contributed by atoms with Crippen molar-refractivity contribution in [2.24, 2.45) is 11.1 Å². The van der Waals surface area contributed by atoms with Gasteiger partial charge in [0.25, 0.3) is 0 Å². The number of carbonyl (C=O) groups is 1. The van der Waals surface area contributed by atoms with E-state index in [2.05, 4.69) is 34.5 Å². The van der Waals surface area contributed by atoms with Gasteiger partial charge < -0.3 is 15.6 Å². The molecule has 0 bridgehead atoms. The molecule has 26 heavy (non-hydrogen) atoms. The fourth-order valence-electron chi connectivity index (χ4n) is 2.78. The Balaban J connectivity index is 0.00000338. The number of nitrogens with one attached hydrogen (secondary N) is 1. The summed E-state index contributed by atoms with van der Waals surface area (Å²) < 4.78 is 5.34. The first-order chi connectivity index (χ1) is 12.0. The molecule has 0 aliphatic rings. The molecule has 0 spiro atoms. The van der Waals surface area contributed by atoms with Gasteiger partial charge in [0.1, 0.15) is 6.04 Å². The SMILES string of the molecule is CCc1ccc(-c2noc(C(C)NC(=O)C(CC)(CC)CN)n2)cc1.Cl. The van der Waals surface area contributed by atoms with Crippen molar-refractivity contribution in [2.75, 3.05) is 6.54 Å². The zero-order chi connectivity index (χ0) is 18.4. The van der Waals surface area contributed by atoms with Crippen molar-refractivity contribution >= 4 is 18.3 Å². The van der Waals surface area contributed by atoms with E-state index in [0.717, 1.165) is 12.0 Å². The molecular formula is C19H29ClN4O2. The van der Waals surface area contributed by atoms with Crippen LogP contribution in [0.4, 0.5) is 0 Å². The van der Waals surface area contributed by atoms with Crippen LogP contribution >= 0.6 is 12.4 Å². The minimum absolute atomic E-state index is 0. The molecule has 0 saturated heterocycles. The highest BCUT2D eigenvalue weighted by Crippen LogP contribution is 2.27. The standard InChI is InChI=1S/C19H28N4O2.ClH/c1-5-14-8-10-15(11-9-14)16-22-17(25-23-16)13(4)21-18(24)19(6-2,7-3)12-20;/h8-11,13H,5-7,12,20H2,1-4H3,(H,21,24);1H. The van der Waals surface area contributed by atoms with Crippen molar-refractivity contribution in [1.82, 2.24) is 15.5 Å². The van der Waals surface area contributed by atoms with Crippen LogP contribution in [0.15, 0.2) is 28.8 Å². The second-order valence-corrected chi connectivity index (χ2v) is 6.39. The Labute approximate surface area is 161 Å². The first-order valence-corrected chi connectivity index (χ1v) is 8.93. The van der Waals surface area contributed by atoms with Crippen molar-refractivity contribution in [3.8, 4) is 11.4 Å². The summed E-state index contributed by atoms with van der Waals surface area (Å²) in [7, 11) is 0. The average Bonchev–Trinajstić information content (AvgIpc) is 3.14. The van der Waals surface area contributed by atoms with Gasteiger partial charge in [-0.2, -0.15) is 4.98 Å². The van der Waals surface area contributed by atoms with Crippen molar-refractivity contribution in [2.45, 2.75) is 53.0 Å². The lowest BCUT2D eigenvalue weighted by Gasteiger charge is -2.29. The highest BCUT2D eigenvalue weighted by Gasteiger charge is 2.34. The van der Waals surface area contributed by atoms with Gasteiger partial charge in [0, 0.05) is 12.1 Å². The Morgan fingerprint density at radius 2 is 1.85 bits per heavy atom. The summed E-state index contributed by atoms with van der Waals surface area (Å²) in [6.07, 6.45) is 2.37. The molecule has 0 radical (unpaired) electrons. The second kappa shape index (κ2) is 9.69. The summed E-state index contributed by atoms with van der Waals surface area (Å²) in [6.45, 7) is 8.22. The number of halogens is 1. The molecule has 1 amide bonds. The lowest BCUT2D eigenvalue weighted by Crippen LogP contribution is -2.46. The number of benzene rings is 1. The Morgan fingerprint density at radius 3 is 2.35 bits per heavy atom. The monoisotopic (exact) mass is 380 g/mol. The Kier molecular flexibility index (Phi) is 8.24. The second-order valence-electron chi connectivity index (χ2n) is 6.39. The average molecular weight is 381 g/mol. The Morgan fingerprint density at radius 1 is 1.23 bits per heavy atom. The molecule has 3 N–H and O–H groups in total. The predicted octanol–water partition coefficient (Wildman–Crippen LogP) is 3.66. The summed E-state index contributed by atoms with van der Waals surface area (Å²) in [5, 5.41) is 6.99. The van der Waals surface area contributed by atoms with E-state index in [0.29, 0.717) is 31.1 Å². The number of nitrogens with zero attached hydrogens (tertiary/aromatic N) is 2. The zero-order valence-corrected chi connectivity index (χ0v) is 16.7. The van der Waals surface area contributed by atoms with Gasteiger partial charge in [0.05, 0.1) is 5.41 Å². The summed E-state index contributed by atoms with van der Waals surface area (Å²) in [5.41, 5.74) is 7.43. The van der Waals surface area contributed by atoms with E-state index in [1.165, 1.54) is 5.56 Å². The third kappa shape index (κ3) is 4.62. The van der Waals surface area contributed by atoms with Crippen molar-refractivity contribution in [1.29, 1.82) is 0 Å². The minimum Gasteiger partial charge on any atom is -0.344 e. The van der Waals surface area contributed by atoms with Crippen molar-refractivity contribution in [3.63, 3.8) is 0 Å². The highest BCUT2D eigenvalue weighted by atomic mass is 35.5. The predicted molar refractivity (Wildman–Crippen MR) is 105 cm³/mol. The molecule has 1 unspecified atom stereocenters. The number of aromatic nitrogens is 2. The summed E-state index contributed by atoms with van der Waals surface area (Å²) in [5.74, 6) is 0.843. The molecule has 1 heterocycles. The van der Waals surface area contributed by atoms with Gasteiger partial charge in [-0.25, -0.2) is 0 Å². The lowest BCUT2D eigenvalue weighted by atomic mass is 9.81. The largest absolute Gasteiger partial charge is 0.344 e. The van der Waals surface area contributed by atoms with Crippen LogP contribution < -0.4 is 11.1 Å². The summed E-state index contributed by atoms with van der Waals surface area (Å²) >= 11 is 0. The van der Waals surface area contributed by atoms with Crippen LogP contribution in [-0.4, -0.2) is 22.6 Å². The van der Waals surface area contributed by atoms with Gasteiger partial charge in [0.2, 0.25) is 17.6 Å². The van der Waals surface area contributed by atoms with E-state index in [-0.39, 0.29) is 24.4 Å². The Bertz CT molecular complexity index is 688. The molecule has 6 nitrogen and oxygen atoms in total. The van der Waals surface area contributed by atoms with E-state index >= 15 is 0 Å². The van der Waals surface area contributed by atoms with E-state index < -0.39 is 5.41 Å². The minimum atomic E-state index is -0.549. The summed E-state index contributed by atoms with van der Waals surface area (Å²) in [6, 6.07) is 7.69. The topological polar surface area (TPSA) is 94.0 Å². The first-order valence-electron chi connectivity index (χ1n) is 8.93. The van der Waals surface area contributed by atoms with Crippen LogP contribution in [0, 0.1) is 5.41 Å². The molecule has 144 valence electrons. The summed E-state index contributed by atoms with van der Waals surface area (Å²) in [4.78, 5) is 17.0. The molecule has 0 aliphatic carbocycles. The lowest BCUT2D eigenvalue weighted by molar-refractivity contribution is -0.131. The maximum Gasteiger partial charge on any atom is 0.249 e. The van der Waals surface area contributed by atoms with Crippen LogP contribution in [-0.2, 0) is 11.2 Å². The van der Waals surface area contributed by atoms with Crippen molar-refractivity contribution in [3.05, 3.63) is 35.7 Å². The molecule has 7 heteroatoms. The van der Waals surface area contributed by atoms with E-state index in [4.69, 9.17) is 10.3 Å². The molecule has 0 fully saturated rings. The molecule has 1 aromatic heterocycles. The first kappa shape index (κ1) is 22.1. The van der Waals surface area contributed by atoms with E-state index in [1.807, 2.05) is 32.9 Å². The van der Waals surface area contributed by atoms with Crippen LogP contribution in [0.5, 0.6) is 0 Å². The number of hydrogen-bond donors (Lipinski definition) is 2. The maximum atomic E-state index is 12.6. The molecular weight excluding hydrogens is 352 g/mol. The third-order valence-corrected chi connectivity index (χ3v) is 5.01. The normalized spacial score (nSPS) is 12.3. The highest BCUT2D eigenvalue weighted by molar-refractivity contribution is 5.85. The van der Waals surface area contributed by atoms with E-state index in [1.54, 1.807) is 0 Å². The Hall–Kier alpha value is -1.92. The van der Waals surface area contributed by atoms with Gasteiger partial charge in [-0.3, -0.25) is 4.79 Å². The van der Waals surface area contributed by atoms with Gasteiger partial charge in [-0.1, -0.05) is 50.2 Å². The van der Waals surface area contributed by atoms with Crippen LogP contribution in [0.3, 0.4) is 0 Å². The number of rotatable bonds is 8. The number of nitrogens with two attached hydrogens (primary N) is 1. The maximum absolute atomic E-state index is 12.6. The zero-order valence-electron chi connectivity index (χ0n) is 15.9. The third-order valence-electron chi connectivity index (χ3n) is 5.01.